The smallest absolute Gasteiger partial charge is 0.276 e. The minimum atomic E-state index is -0.224. The van der Waals surface area contributed by atoms with Gasteiger partial charge in [0.25, 0.3) is 5.91 Å². The second-order valence-corrected chi connectivity index (χ2v) is 5.39. The van der Waals surface area contributed by atoms with E-state index in [0.717, 1.165) is 26.6 Å². The number of carbonyl (C=O) groups excluding carboxylic acids is 1. The van der Waals surface area contributed by atoms with Gasteiger partial charge < -0.3 is 5.32 Å². The molecule has 0 saturated carbocycles. The Morgan fingerprint density at radius 3 is 2.85 bits per heavy atom. The molecule has 0 radical (unpaired) electrons. The molecule has 0 aliphatic carbocycles. The fraction of sp³-hybridized carbons (Fsp3) is 0.0667. The summed E-state index contributed by atoms with van der Waals surface area (Å²) in [6.45, 7) is 2.00. The van der Waals surface area contributed by atoms with Crippen molar-refractivity contribution in [2.75, 3.05) is 5.32 Å². The number of amides is 1. The summed E-state index contributed by atoms with van der Waals surface area (Å²) in [5.74, 6) is -0.224. The highest BCUT2D eigenvalue weighted by Gasteiger charge is 2.14. The maximum absolute atomic E-state index is 12.3. The molecule has 0 saturated heterocycles. The fourth-order valence-corrected chi connectivity index (χ4v) is 2.38. The Bertz CT molecular complexity index is 795. The molecular formula is C15H12BrN3O. The van der Waals surface area contributed by atoms with Crippen molar-refractivity contribution in [3.05, 3.63) is 58.2 Å². The summed E-state index contributed by atoms with van der Waals surface area (Å²) in [6, 6.07) is 13.2. The molecular weight excluding hydrogens is 318 g/mol. The Balaban J connectivity index is 1.91. The lowest BCUT2D eigenvalue weighted by atomic mass is 10.2. The highest BCUT2D eigenvalue weighted by molar-refractivity contribution is 9.10. The summed E-state index contributed by atoms with van der Waals surface area (Å²) in [5, 5.41) is 10.6. The number of benzene rings is 2. The second kappa shape index (κ2) is 5.09. The van der Waals surface area contributed by atoms with E-state index >= 15 is 0 Å². The molecule has 3 aromatic rings. The zero-order valence-corrected chi connectivity index (χ0v) is 12.4. The number of para-hydroxylation sites is 1. The van der Waals surface area contributed by atoms with Gasteiger partial charge in [-0.05, 0) is 30.7 Å². The van der Waals surface area contributed by atoms with Gasteiger partial charge in [0.2, 0.25) is 0 Å². The van der Waals surface area contributed by atoms with E-state index in [-0.39, 0.29) is 5.91 Å². The number of hydrogen-bond donors (Lipinski definition) is 2. The number of carbonyl (C=O) groups is 1. The van der Waals surface area contributed by atoms with Crippen LogP contribution in [0.4, 0.5) is 5.69 Å². The Labute approximate surface area is 124 Å². The topological polar surface area (TPSA) is 57.8 Å². The lowest BCUT2D eigenvalue weighted by Crippen LogP contribution is -2.12. The second-order valence-electron chi connectivity index (χ2n) is 4.54. The number of rotatable bonds is 2. The molecule has 5 heteroatoms. The molecule has 20 heavy (non-hydrogen) atoms. The monoisotopic (exact) mass is 329 g/mol. The van der Waals surface area contributed by atoms with E-state index in [9.17, 15) is 4.79 Å². The maximum atomic E-state index is 12.3. The predicted molar refractivity (Wildman–Crippen MR) is 82.9 cm³/mol. The van der Waals surface area contributed by atoms with Gasteiger partial charge in [0.1, 0.15) is 0 Å². The largest absolute Gasteiger partial charge is 0.321 e. The number of aryl methyl sites for hydroxylation is 1. The zero-order valence-electron chi connectivity index (χ0n) is 10.8. The molecule has 1 heterocycles. The van der Waals surface area contributed by atoms with Gasteiger partial charge in [-0.1, -0.05) is 40.2 Å². The van der Waals surface area contributed by atoms with Crippen LogP contribution < -0.4 is 5.32 Å². The van der Waals surface area contributed by atoms with E-state index in [1.165, 1.54) is 0 Å². The Morgan fingerprint density at radius 2 is 2.05 bits per heavy atom. The Kier molecular flexibility index (Phi) is 3.28. The van der Waals surface area contributed by atoms with Gasteiger partial charge >= 0.3 is 0 Å². The van der Waals surface area contributed by atoms with E-state index in [1.54, 1.807) is 0 Å². The molecule has 0 unspecified atom stereocenters. The van der Waals surface area contributed by atoms with E-state index < -0.39 is 0 Å². The SMILES string of the molecule is Cc1ccc(NC(=O)c2n[nH]c3ccccc23)cc1Br. The number of aromatic nitrogens is 2. The van der Waals surface area contributed by atoms with Crippen molar-refractivity contribution >= 4 is 38.4 Å². The fourth-order valence-electron chi connectivity index (χ4n) is 2.00. The lowest BCUT2D eigenvalue weighted by molar-refractivity contribution is 0.102. The van der Waals surface area contributed by atoms with Crippen LogP contribution in [0, 0.1) is 6.92 Å². The average Bonchev–Trinajstić information content (AvgIpc) is 2.87. The van der Waals surface area contributed by atoms with Crippen LogP contribution in [-0.2, 0) is 0 Å². The molecule has 0 bridgehead atoms. The number of aromatic amines is 1. The van der Waals surface area contributed by atoms with Crippen molar-refractivity contribution in [1.82, 2.24) is 10.2 Å². The van der Waals surface area contributed by atoms with E-state index in [0.29, 0.717) is 5.69 Å². The van der Waals surface area contributed by atoms with Crippen LogP contribution >= 0.6 is 15.9 Å². The molecule has 0 aliphatic rings. The van der Waals surface area contributed by atoms with Crippen molar-refractivity contribution in [2.45, 2.75) is 6.92 Å². The summed E-state index contributed by atoms with van der Waals surface area (Å²) in [7, 11) is 0. The van der Waals surface area contributed by atoms with Crippen molar-refractivity contribution in [2.24, 2.45) is 0 Å². The molecule has 0 aliphatic heterocycles. The van der Waals surface area contributed by atoms with Crippen LogP contribution in [0.1, 0.15) is 16.1 Å². The molecule has 100 valence electrons. The zero-order chi connectivity index (χ0) is 14.1. The van der Waals surface area contributed by atoms with Gasteiger partial charge in [-0.3, -0.25) is 9.89 Å². The van der Waals surface area contributed by atoms with Crippen LogP contribution in [0.25, 0.3) is 10.9 Å². The van der Waals surface area contributed by atoms with E-state index in [1.807, 2.05) is 49.4 Å². The average molecular weight is 330 g/mol. The molecule has 2 aromatic carbocycles. The third kappa shape index (κ3) is 2.32. The minimum Gasteiger partial charge on any atom is -0.321 e. The van der Waals surface area contributed by atoms with Crippen molar-refractivity contribution < 1.29 is 4.79 Å². The van der Waals surface area contributed by atoms with Gasteiger partial charge in [0.15, 0.2) is 5.69 Å². The number of hydrogen-bond acceptors (Lipinski definition) is 2. The van der Waals surface area contributed by atoms with Crippen LogP contribution in [0.15, 0.2) is 46.9 Å². The first-order valence-electron chi connectivity index (χ1n) is 6.16. The molecule has 3 rings (SSSR count). The van der Waals surface area contributed by atoms with Gasteiger partial charge in [0.05, 0.1) is 5.52 Å². The van der Waals surface area contributed by atoms with Crippen LogP contribution in [0.2, 0.25) is 0 Å². The van der Waals surface area contributed by atoms with Crippen molar-refractivity contribution in [1.29, 1.82) is 0 Å². The van der Waals surface area contributed by atoms with Crippen LogP contribution in [-0.4, -0.2) is 16.1 Å². The van der Waals surface area contributed by atoms with Gasteiger partial charge in [-0.2, -0.15) is 5.10 Å². The van der Waals surface area contributed by atoms with E-state index in [2.05, 4.69) is 31.4 Å². The minimum absolute atomic E-state index is 0.224. The molecule has 4 nitrogen and oxygen atoms in total. The summed E-state index contributed by atoms with van der Waals surface area (Å²) >= 11 is 3.45. The highest BCUT2D eigenvalue weighted by Crippen LogP contribution is 2.22. The number of nitrogens with one attached hydrogen (secondary N) is 2. The molecule has 1 aromatic heterocycles. The van der Waals surface area contributed by atoms with Gasteiger partial charge in [-0.15, -0.1) is 0 Å². The first kappa shape index (κ1) is 12.9. The lowest BCUT2D eigenvalue weighted by Gasteiger charge is -2.05. The number of fused-ring (bicyclic) bond motifs is 1. The third-order valence-electron chi connectivity index (χ3n) is 3.12. The van der Waals surface area contributed by atoms with Gasteiger partial charge in [0, 0.05) is 15.5 Å². The summed E-state index contributed by atoms with van der Waals surface area (Å²) in [5.41, 5.74) is 3.10. The summed E-state index contributed by atoms with van der Waals surface area (Å²) in [6.07, 6.45) is 0. The molecule has 0 fully saturated rings. The summed E-state index contributed by atoms with van der Waals surface area (Å²) in [4.78, 5) is 12.3. The first-order chi connectivity index (χ1) is 9.65. The summed E-state index contributed by atoms with van der Waals surface area (Å²) < 4.78 is 0.960. The van der Waals surface area contributed by atoms with Gasteiger partial charge in [-0.25, -0.2) is 0 Å². The van der Waals surface area contributed by atoms with Crippen LogP contribution in [0.3, 0.4) is 0 Å². The van der Waals surface area contributed by atoms with E-state index in [4.69, 9.17) is 0 Å². The standard InChI is InChI=1S/C15H12BrN3O/c1-9-6-7-10(8-12(9)16)17-15(20)14-11-4-2-3-5-13(11)18-19-14/h2-8H,1H3,(H,17,20)(H,18,19). The highest BCUT2D eigenvalue weighted by atomic mass is 79.9. The number of anilines is 1. The quantitative estimate of drug-likeness (QED) is 0.749. The number of halogens is 1. The predicted octanol–water partition coefficient (Wildman–Crippen LogP) is 3.89. The van der Waals surface area contributed by atoms with Crippen LogP contribution in [0.5, 0.6) is 0 Å². The number of H-pyrrole nitrogens is 1. The number of nitrogens with zero attached hydrogens (tertiary/aromatic N) is 1. The Morgan fingerprint density at radius 1 is 1.25 bits per heavy atom. The first-order valence-corrected chi connectivity index (χ1v) is 6.95. The molecule has 2 N–H and O–H groups in total. The third-order valence-corrected chi connectivity index (χ3v) is 3.97. The normalized spacial score (nSPS) is 10.7. The molecule has 0 spiro atoms. The molecule has 1 amide bonds. The molecule has 0 atom stereocenters. The Hall–Kier alpha value is -2.14. The van der Waals surface area contributed by atoms with Crippen molar-refractivity contribution in [3.8, 4) is 0 Å². The van der Waals surface area contributed by atoms with Crippen molar-refractivity contribution in [3.63, 3.8) is 0 Å². The maximum Gasteiger partial charge on any atom is 0.276 e.